The SMILES string of the molecule is C=CCN(CCCCC)C(=O)C1N([C@H](CO)c2ccccc2)C(=O)[C@@H]2[C@@H](C(=O)OCC)[C@@]3(C)CCC12S3. The number of esters is 1. The van der Waals surface area contributed by atoms with Gasteiger partial charge in [0.05, 0.1) is 35.8 Å². The molecular weight excluding hydrogens is 488 g/mol. The predicted octanol–water partition coefficient (Wildman–Crippen LogP) is 3.97. The Morgan fingerprint density at radius 2 is 2.00 bits per heavy atom. The molecule has 1 aromatic rings. The van der Waals surface area contributed by atoms with Crippen molar-refractivity contribution < 1.29 is 24.2 Å². The molecule has 1 aromatic carbocycles. The van der Waals surface area contributed by atoms with E-state index in [0.29, 0.717) is 19.5 Å². The van der Waals surface area contributed by atoms with Crippen molar-refractivity contribution in [2.45, 2.75) is 74.5 Å². The molecule has 6 atom stereocenters. The van der Waals surface area contributed by atoms with Crippen LogP contribution in [0.1, 0.15) is 64.5 Å². The van der Waals surface area contributed by atoms with Gasteiger partial charge in [0.25, 0.3) is 0 Å². The highest BCUT2D eigenvalue weighted by molar-refractivity contribution is 8.02. The van der Waals surface area contributed by atoms with Crippen molar-refractivity contribution in [2.24, 2.45) is 11.8 Å². The molecule has 7 nitrogen and oxygen atoms in total. The molecule has 2 unspecified atom stereocenters. The van der Waals surface area contributed by atoms with E-state index in [9.17, 15) is 19.5 Å². The van der Waals surface area contributed by atoms with Gasteiger partial charge >= 0.3 is 5.97 Å². The number of fused-ring (bicyclic) bond motifs is 1. The van der Waals surface area contributed by atoms with Gasteiger partial charge in [0.15, 0.2) is 0 Å². The van der Waals surface area contributed by atoms with Crippen molar-refractivity contribution in [1.29, 1.82) is 0 Å². The molecule has 3 heterocycles. The van der Waals surface area contributed by atoms with E-state index >= 15 is 0 Å². The topological polar surface area (TPSA) is 87.2 Å². The minimum Gasteiger partial charge on any atom is -0.466 e. The fourth-order valence-corrected chi connectivity index (χ4v) is 9.10. The highest BCUT2D eigenvalue weighted by Gasteiger charge is 2.78. The van der Waals surface area contributed by atoms with Crippen LogP contribution in [-0.4, -0.2) is 74.5 Å². The predicted molar refractivity (Wildman–Crippen MR) is 145 cm³/mol. The summed E-state index contributed by atoms with van der Waals surface area (Å²) in [4.78, 5) is 45.5. The van der Waals surface area contributed by atoms with Gasteiger partial charge in [-0.2, -0.15) is 0 Å². The minimum atomic E-state index is -0.782. The molecule has 37 heavy (non-hydrogen) atoms. The summed E-state index contributed by atoms with van der Waals surface area (Å²) in [6.07, 6.45) is 6.02. The van der Waals surface area contributed by atoms with E-state index in [-0.39, 0.29) is 31.0 Å². The van der Waals surface area contributed by atoms with Gasteiger partial charge in [-0.15, -0.1) is 18.3 Å². The van der Waals surface area contributed by atoms with Crippen molar-refractivity contribution in [1.82, 2.24) is 9.80 Å². The summed E-state index contributed by atoms with van der Waals surface area (Å²) < 4.78 is 4.26. The first-order valence-corrected chi connectivity index (χ1v) is 14.4. The van der Waals surface area contributed by atoms with Gasteiger partial charge in [-0.1, -0.05) is 56.2 Å². The number of ether oxygens (including phenoxy) is 1. The Bertz CT molecular complexity index is 1020. The second-order valence-corrected chi connectivity index (χ2v) is 12.5. The van der Waals surface area contributed by atoms with Crippen LogP contribution in [0.15, 0.2) is 43.0 Å². The zero-order valence-electron chi connectivity index (χ0n) is 22.2. The first-order valence-electron chi connectivity index (χ1n) is 13.5. The maximum Gasteiger partial charge on any atom is 0.311 e. The van der Waals surface area contributed by atoms with Gasteiger partial charge in [0.1, 0.15) is 6.04 Å². The lowest BCUT2D eigenvalue weighted by Gasteiger charge is -2.39. The molecular formula is C29H40N2O5S. The summed E-state index contributed by atoms with van der Waals surface area (Å²) in [5.74, 6) is -2.01. The van der Waals surface area contributed by atoms with Gasteiger partial charge in [0.2, 0.25) is 11.8 Å². The lowest BCUT2D eigenvalue weighted by Crippen LogP contribution is -2.55. The largest absolute Gasteiger partial charge is 0.466 e. The number of carbonyl (C=O) groups excluding carboxylic acids is 3. The molecule has 1 N–H and O–H groups in total. The number of hydrogen-bond acceptors (Lipinski definition) is 6. The zero-order chi connectivity index (χ0) is 26.8. The van der Waals surface area contributed by atoms with Crippen LogP contribution in [0, 0.1) is 11.8 Å². The van der Waals surface area contributed by atoms with Crippen molar-refractivity contribution in [3.05, 3.63) is 48.6 Å². The van der Waals surface area contributed by atoms with E-state index in [4.69, 9.17) is 4.74 Å². The molecule has 1 spiro atoms. The van der Waals surface area contributed by atoms with Gasteiger partial charge in [-0.25, -0.2) is 0 Å². The van der Waals surface area contributed by atoms with Gasteiger partial charge < -0.3 is 19.6 Å². The first kappa shape index (κ1) is 27.7. The Balaban J connectivity index is 1.82. The molecule has 0 aliphatic carbocycles. The molecule has 3 aliphatic heterocycles. The highest BCUT2D eigenvalue weighted by atomic mass is 32.2. The Morgan fingerprint density at radius 1 is 1.27 bits per heavy atom. The van der Waals surface area contributed by atoms with E-state index in [1.54, 1.807) is 34.6 Å². The van der Waals surface area contributed by atoms with E-state index < -0.39 is 33.4 Å². The number of carbonyl (C=O) groups is 3. The number of benzene rings is 1. The lowest BCUT2D eigenvalue weighted by atomic mass is 9.66. The monoisotopic (exact) mass is 528 g/mol. The van der Waals surface area contributed by atoms with E-state index in [2.05, 4.69) is 13.5 Å². The summed E-state index contributed by atoms with van der Waals surface area (Å²) in [5, 5.41) is 10.6. The van der Waals surface area contributed by atoms with Gasteiger partial charge in [0, 0.05) is 17.8 Å². The van der Waals surface area contributed by atoms with Crippen molar-refractivity contribution in [3.8, 4) is 0 Å². The van der Waals surface area contributed by atoms with Crippen LogP contribution in [0.25, 0.3) is 0 Å². The number of rotatable bonds is 12. The summed E-state index contributed by atoms with van der Waals surface area (Å²) in [7, 11) is 0. The Kier molecular flexibility index (Phi) is 8.38. The number of nitrogens with zero attached hydrogens (tertiary/aromatic N) is 2. The lowest BCUT2D eigenvalue weighted by molar-refractivity contribution is -0.155. The highest BCUT2D eigenvalue weighted by Crippen LogP contribution is 2.72. The van der Waals surface area contributed by atoms with Crippen molar-refractivity contribution >= 4 is 29.5 Å². The third-order valence-corrected chi connectivity index (χ3v) is 10.4. The zero-order valence-corrected chi connectivity index (χ0v) is 23.0. The summed E-state index contributed by atoms with van der Waals surface area (Å²) in [5.41, 5.74) is 0.771. The Hall–Kier alpha value is -2.32. The second kappa shape index (κ2) is 11.2. The number of hydrogen-bond donors (Lipinski definition) is 1. The normalized spacial score (nSPS) is 30.8. The number of unbranched alkanes of at least 4 members (excludes halogenated alkanes) is 2. The maximum absolute atomic E-state index is 14.4. The molecule has 3 aliphatic rings. The molecule has 4 rings (SSSR count). The average Bonchev–Trinajstić information content (AvgIpc) is 3.46. The van der Waals surface area contributed by atoms with Gasteiger partial charge in [-0.05, 0) is 38.7 Å². The average molecular weight is 529 g/mol. The molecule has 0 aromatic heterocycles. The number of likely N-dealkylation sites (tertiary alicyclic amines) is 1. The van der Waals surface area contributed by atoms with Crippen LogP contribution in [0.5, 0.6) is 0 Å². The van der Waals surface area contributed by atoms with Crippen LogP contribution < -0.4 is 0 Å². The summed E-state index contributed by atoms with van der Waals surface area (Å²) >= 11 is 1.63. The number of aliphatic hydroxyl groups is 1. The van der Waals surface area contributed by atoms with Crippen molar-refractivity contribution in [2.75, 3.05) is 26.3 Å². The molecule has 3 saturated heterocycles. The second-order valence-electron chi connectivity index (χ2n) is 10.6. The minimum absolute atomic E-state index is 0.123. The van der Waals surface area contributed by atoms with Crippen LogP contribution in [-0.2, 0) is 19.1 Å². The molecule has 0 saturated carbocycles. The molecule has 0 radical (unpaired) electrons. The summed E-state index contributed by atoms with van der Waals surface area (Å²) in [6.45, 7) is 10.7. The fraction of sp³-hybridized carbons (Fsp3) is 0.621. The van der Waals surface area contributed by atoms with E-state index in [0.717, 1.165) is 31.2 Å². The van der Waals surface area contributed by atoms with E-state index in [1.165, 1.54) is 0 Å². The van der Waals surface area contributed by atoms with Crippen molar-refractivity contribution in [3.63, 3.8) is 0 Å². The molecule has 2 amide bonds. The third kappa shape index (κ3) is 4.60. The van der Waals surface area contributed by atoms with E-state index in [1.807, 2.05) is 37.3 Å². The number of thioether (sulfide) groups is 1. The molecule has 3 fully saturated rings. The number of aliphatic hydroxyl groups excluding tert-OH is 1. The number of amides is 2. The van der Waals surface area contributed by atoms with Crippen LogP contribution in [0.2, 0.25) is 0 Å². The third-order valence-electron chi connectivity index (χ3n) is 8.37. The van der Waals surface area contributed by atoms with Crippen LogP contribution in [0.4, 0.5) is 0 Å². The summed E-state index contributed by atoms with van der Waals surface area (Å²) in [6, 6.07) is 7.90. The van der Waals surface area contributed by atoms with Gasteiger partial charge in [-0.3, -0.25) is 14.4 Å². The van der Waals surface area contributed by atoms with Crippen LogP contribution in [0.3, 0.4) is 0 Å². The standard InChI is InChI=1S/C29H40N2O5S/c1-5-8-12-18-30(17-6-2)26(34)24-29-16-15-28(4,37-29)23(27(35)36-7-3)22(29)25(33)31(24)21(19-32)20-13-10-9-11-14-20/h6,9-11,13-14,21-24,32H,2,5,7-8,12,15-19H2,1,3-4H3/t21-,22+,23+,24?,28-,29?/m1/s1. The smallest absolute Gasteiger partial charge is 0.311 e. The fourth-order valence-electron chi connectivity index (χ4n) is 6.77. The maximum atomic E-state index is 14.4. The Labute approximate surface area is 224 Å². The molecule has 202 valence electrons. The quantitative estimate of drug-likeness (QED) is 0.251. The van der Waals surface area contributed by atoms with Crippen LogP contribution >= 0.6 is 11.8 Å². The molecule has 2 bridgehead atoms. The Morgan fingerprint density at radius 3 is 2.62 bits per heavy atom. The first-order chi connectivity index (χ1) is 17.8. The molecule has 8 heteroatoms.